The molecule has 9 nitrogen and oxygen atoms in total. The number of ether oxygens (including phenoxy) is 1. The highest BCUT2D eigenvalue weighted by Gasteiger charge is 2.11. The lowest BCUT2D eigenvalue weighted by molar-refractivity contribution is 0.0951. The molecule has 1 amide bonds. The predicted molar refractivity (Wildman–Crippen MR) is 103 cm³/mol. The monoisotopic (exact) mass is 383 g/mol. The molecule has 0 saturated carbocycles. The van der Waals surface area contributed by atoms with Crippen LogP contribution in [-0.4, -0.2) is 42.4 Å². The molecule has 2 heterocycles. The van der Waals surface area contributed by atoms with Crippen molar-refractivity contribution in [2.75, 3.05) is 6.54 Å². The zero-order valence-electron chi connectivity index (χ0n) is 16.6. The quantitative estimate of drug-likeness (QED) is 0.639. The fourth-order valence-electron chi connectivity index (χ4n) is 2.86. The molecule has 0 aliphatic rings. The molecule has 0 fully saturated rings. The molecule has 3 aromatic rings. The molecule has 0 aliphatic heterocycles. The summed E-state index contributed by atoms with van der Waals surface area (Å²) in [5, 5.41) is 18.9. The van der Waals surface area contributed by atoms with E-state index in [-0.39, 0.29) is 18.6 Å². The van der Waals surface area contributed by atoms with Gasteiger partial charge in [-0.25, -0.2) is 4.68 Å². The Bertz CT molecular complexity index is 945. The largest absolute Gasteiger partial charge is 0.486 e. The number of benzene rings is 1. The Labute approximate surface area is 163 Å². The molecular weight excluding hydrogens is 358 g/mol. The van der Waals surface area contributed by atoms with E-state index >= 15 is 0 Å². The molecule has 0 unspecified atom stereocenters. The molecule has 28 heavy (non-hydrogen) atoms. The maximum absolute atomic E-state index is 12.4. The molecule has 3 rings (SSSR count). The van der Waals surface area contributed by atoms with Crippen molar-refractivity contribution in [3.8, 4) is 5.75 Å². The zero-order chi connectivity index (χ0) is 20.1. The van der Waals surface area contributed by atoms with Crippen LogP contribution in [-0.2, 0) is 13.2 Å². The molecule has 0 spiro atoms. The Morgan fingerprint density at radius 3 is 2.79 bits per heavy atom. The number of rotatable bonds is 8. The number of carbonyl (C=O) groups is 1. The molecule has 0 aliphatic carbocycles. The minimum absolute atomic E-state index is 0.146. The molecule has 148 valence electrons. The van der Waals surface area contributed by atoms with Crippen molar-refractivity contribution in [3.63, 3.8) is 0 Å². The van der Waals surface area contributed by atoms with E-state index in [2.05, 4.69) is 25.9 Å². The summed E-state index contributed by atoms with van der Waals surface area (Å²) in [5.74, 6) is 1.07. The topological polar surface area (TPSA) is 99.8 Å². The normalized spacial score (nSPS) is 11.0. The summed E-state index contributed by atoms with van der Waals surface area (Å²) in [4.78, 5) is 12.4. The van der Waals surface area contributed by atoms with Crippen LogP contribution >= 0.6 is 0 Å². The molecule has 1 aromatic carbocycles. The van der Waals surface area contributed by atoms with Gasteiger partial charge in [0.15, 0.2) is 5.82 Å². The third-order valence-electron chi connectivity index (χ3n) is 4.23. The smallest absolute Gasteiger partial charge is 0.251 e. The van der Waals surface area contributed by atoms with Gasteiger partial charge >= 0.3 is 0 Å². The summed E-state index contributed by atoms with van der Waals surface area (Å²) < 4.78 is 9.35. The molecule has 0 radical (unpaired) electrons. The first-order valence-electron chi connectivity index (χ1n) is 9.23. The predicted octanol–water partition coefficient (Wildman–Crippen LogP) is 2.08. The van der Waals surface area contributed by atoms with Gasteiger partial charge in [-0.3, -0.25) is 9.48 Å². The van der Waals surface area contributed by atoms with Gasteiger partial charge < -0.3 is 10.1 Å². The SMILES string of the molecule is Cc1cc(C)n(CCNC(=O)c2cccc(OCc3nnnn3C(C)C)c2)n1. The number of hydrogen-bond acceptors (Lipinski definition) is 6. The van der Waals surface area contributed by atoms with Crippen LogP contribution < -0.4 is 10.1 Å². The van der Waals surface area contributed by atoms with E-state index in [4.69, 9.17) is 4.74 Å². The molecule has 9 heteroatoms. The Hall–Kier alpha value is -3.23. The number of tetrazole rings is 1. The first kappa shape index (κ1) is 19.5. The highest BCUT2D eigenvalue weighted by atomic mass is 16.5. The van der Waals surface area contributed by atoms with E-state index in [1.165, 1.54) is 0 Å². The third kappa shape index (κ3) is 4.73. The first-order valence-corrected chi connectivity index (χ1v) is 9.23. The van der Waals surface area contributed by atoms with Crippen molar-refractivity contribution < 1.29 is 9.53 Å². The number of carbonyl (C=O) groups excluding carboxylic acids is 1. The molecule has 2 aromatic heterocycles. The van der Waals surface area contributed by atoms with Crippen molar-refractivity contribution in [1.82, 2.24) is 35.3 Å². The van der Waals surface area contributed by atoms with Crippen LogP contribution in [0.15, 0.2) is 30.3 Å². The van der Waals surface area contributed by atoms with Gasteiger partial charge in [0.2, 0.25) is 0 Å². The molecule has 1 N–H and O–H groups in total. The summed E-state index contributed by atoms with van der Waals surface area (Å²) >= 11 is 0. The van der Waals surface area contributed by atoms with Gasteiger partial charge in [0.05, 0.1) is 18.3 Å². The van der Waals surface area contributed by atoms with E-state index in [1.807, 2.05) is 38.4 Å². The van der Waals surface area contributed by atoms with Crippen molar-refractivity contribution in [3.05, 3.63) is 53.1 Å². The van der Waals surface area contributed by atoms with Crippen LogP contribution in [0.4, 0.5) is 0 Å². The van der Waals surface area contributed by atoms with Crippen molar-refractivity contribution in [2.45, 2.75) is 46.9 Å². The molecule has 0 bridgehead atoms. The summed E-state index contributed by atoms with van der Waals surface area (Å²) in [6, 6.07) is 9.21. The second-order valence-corrected chi connectivity index (χ2v) is 6.86. The fraction of sp³-hybridized carbons (Fsp3) is 0.421. The number of hydrogen-bond donors (Lipinski definition) is 1. The van der Waals surface area contributed by atoms with E-state index in [9.17, 15) is 4.79 Å². The first-order chi connectivity index (χ1) is 13.4. The minimum Gasteiger partial charge on any atom is -0.486 e. The van der Waals surface area contributed by atoms with Gasteiger partial charge in [-0.2, -0.15) is 5.10 Å². The minimum atomic E-state index is -0.154. The van der Waals surface area contributed by atoms with E-state index in [1.54, 1.807) is 28.9 Å². The molecular formula is C19H25N7O2. The maximum atomic E-state index is 12.4. The van der Waals surface area contributed by atoms with Gasteiger partial charge in [-0.15, -0.1) is 5.10 Å². The zero-order valence-corrected chi connectivity index (χ0v) is 16.6. The Kier molecular flexibility index (Phi) is 6.03. The van der Waals surface area contributed by atoms with Gasteiger partial charge in [0.1, 0.15) is 12.4 Å². The van der Waals surface area contributed by atoms with E-state index in [0.717, 1.165) is 11.4 Å². The third-order valence-corrected chi connectivity index (χ3v) is 4.23. The average Bonchev–Trinajstić information content (AvgIpc) is 3.26. The maximum Gasteiger partial charge on any atom is 0.251 e. The van der Waals surface area contributed by atoms with Crippen LogP contribution in [0.5, 0.6) is 5.75 Å². The highest BCUT2D eigenvalue weighted by molar-refractivity contribution is 5.94. The number of aryl methyl sites for hydroxylation is 2. The second-order valence-electron chi connectivity index (χ2n) is 6.86. The number of nitrogens with one attached hydrogen (secondary N) is 1. The lowest BCUT2D eigenvalue weighted by Crippen LogP contribution is -2.27. The van der Waals surface area contributed by atoms with Crippen LogP contribution in [0.2, 0.25) is 0 Å². The number of nitrogens with zero attached hydrogens (tertiary/aromatic N) is 6. The second kappa shape index (κ2) is 8.64. The Morgan fingerprint density at radius 2 is 2.07 bits per heavy atom. The van der Waals surface area contributed by atoms with Gasteiger partial charge in [0, 0.05) is 17.8 Å². The lowest BCUT2D eigenvalue weighted by atomic mass is 10.2. The van der Waals surface area contributed by atoms with Crippen molar-refractivity contribution >= 4 is 5.91 Å². The molecule has 0 atom stereocenters. The summed E-state index contributed by atoms with van der Waals surface area (Å²) in [7, 11) is 0. The van der Waals surface area contributed by atoms with Crippen LogP contribution in [0.3, 0.4) is 0 Å². The van der Waals surface area contributed by atoms with Crippen molar-refractivity contribution in [1.29, 1.82) is 0 Å². The van der Waals surface area contributed by atoms with E-state index < -0.39 is 0 Å². The standard InChI is InChI=1S/C19H25N7O2/c1-13(2)26-18(21-23-24-26)12-28-17-7-5-6-16(11-17)19(27)20-8-9-25-15(4)10-14(3)22-25/h5-7,10-11,13H,8-9,12H2,1-4H3,(H,20,27). The van der Waals surface area contributed by atoms with Crippen LogP contribution in [0.1, 0.15) is 47.5 Å². The van der Waals surface area contributed by atoms with Crippen LogP contribution in [0.25, 0.3) is 0 Å². The van der Waals surface area contributed by atoms with Crippen molar-refractivity contribution in [2.24, 2.45) is 0 Å². The van der Waals surface area contributed by atoms with Crippen LogP contribution in [0, 0.1) is 13.8 Å². The Balaban J connectivity index is 1.55. The molecule has 0 saturated heterocycles. The summed E-state index contributed by atoms with van der Waals surface area (Å²) in [6.45, 7) is 9.29. The van der Waals surface area contributed by atoms with Gasteiger partial charge in [-0.05, 0) is 62.4 Å². The lowest BCUT2D eigenvalue weighted by Gasteiger charge is -2.10. The summed E-state index contributed by atoms with van der Waals surface area (Å²) in [5.41, 5.74) is 2.58. The fourth-order valence-corrected chi connectivity index (χ4v) is 2.86. The average molecular weight is 383 g/mol. The Morgan fingerprint density at radius 1 is 1.25 bits per heavy atom. The van der Waals surface area contributed by atoms with E-state index in [0.29, 0.717) is 30.2 Å². The number of amides is 1. The number of aromatic nitrogens is 6. The summed E-state index contributed by atoms with van der Waals surface area (Å²) in [6.07, 6.45) is 0. The van der Waals surface area contributed by atoms with Gasteiger partial charge in [-0.1, -0.05) is 6.07 Å². The van der Waals surface area contributed by atoms with Gasteiger partial charge in [0.25, 0.3) is 5.91 Å². The highest BCUT2D eigenvalue weighted by Crippen LogP contribution is 2.15.